The van der Waals surface area contributed by atoms with Crippen LogP contribution in [0.4, 0.5) is 10.1 Å². The summed E-state index contributed by atoms with van der Waals surface area (Å²) in [6, 6.07) is 10.8. The van der Waals surface area contributed by atoms with Gasteiger partial charge in [-0.15, -0.1) is 0 Å². The van der Waals surface area contributed by atoms with Gasteiger partial charge in [0.1, 0.15) is 5.82 Å². The molecule has 86 valence electrons. The van der Waals surface area contributed by atoms with Gasteiger partial charge in [0.2, 0.25) is 0 Å². The van der Waals surface area contributed by atoms with E-state index in [2.05, 4.69) is 0 Å². The van der Waals surface area contributed by atoms with E-state index in [0.717, 1.165) is 5.56 Å². The van der Waals surface area contributed by atoms with Crippen molar-refractivity contribution in [3.63, 3.8) is 0 Å². The van der Waals surface area contributed by atoms with E-state index in [1.165, 1.54) is 18.2 Å². The number of halogens is 1. The third kappa shape index (κ3) is 2.33. The number of hydrogen-bond donors (Lipinski definition) is 1. The minimum Gasteiger partial charge on any atom is -0.398 e. The maximum Gasteiger partial charge on any atom is 0.195 e. The van der Waals surface area contributed by atoms with Gasteiger partial charge < -0.3 is 5.73 Å². The van der Waals surface area contributed by atoms with Crippen molar-refractivity contribution >= 4 is 11.5 Å². The fourth-order valence-corrected chi connectivity index (χ4v) is 1.67. The van der Waals surface area contributed by atoms with Gasteiger partial charge in [-0.25, -0.2) is 4.39 Å². The largest absolute Gasteiger partial charge is 0.398 e. The van der Waals surface area contributed by atoms with Gasteiger partial charge in [0.05, 0.1) is 0 Å². The number of anilines is 1. The lowest BCUT2D eigenvalue weighted by molar-refractivity contribution is 0.103. The Bertz CT molecular complexity index is 578. The Labute approximate surface area is 98.9 Å². The molecule has 17 heavy (non-hydrogen) atoms. The lowest BCUT2D eigenvalue weighted by Gasteiger charge is -2.05. The predicted molar refractivity (Wildman–Crippen MR) is 65.4 cm³/mol. The standard InChI is InChI=1S/C14H12FNO/c1-9-5-6-12(13(16)7-9)14(17)10-3-2-4-11(15)8-10/h2-8H,16H2,1H3. The Balaban J connectivity index is 2.44. The van der Waals surface area contributed by atoms with Crippen LogP contribution in [0.15, 0.2) is 42.5 Å². The number of carbonyl (C=O) groups is 1. The molecule has 2 aromatic rings. The Kier molecular flexibility index (Phi) is 2.91. The molecule has 3 heteroatoms. The van der Waals surface area contributed by atoms with Gasteiger partial charge in [-0.2, -0.15) is 0 Å². The van der Waals surface area contributed by atoms with Crippen molar-refractivity contribution in [1.29, 1.82) is 0 Å². The molecule has 2 nitrogen and oxygen atoms in total. The summed E-state index contributed by atoms with van der Waals surface area (Å²) in [6.07, 6.45) is 0. The van der Waals surface area contributed by atoms with Crippen LogP contribution in [-0.4, -0.2) is 5.78 Å². The molecule has 0 unspecified atom stereocenters. The molecular formula is C14H12FNO. The van der Waals surface area contributed by atoms with Gasteiger partial charge in [-0.05, 0) is 36.8 Å². The number of nitrogen functional groups attached to an aromatic ring is 1. The molecule has 0 aliphatic rings. The van der Waals surface area contributed by atoms with Crippen LogP contribution >= 0.6 is 0 Å². The highest BCUT2D eigenvalue weighted by molar-refractivity contribution is 6.12. The van der Waals surface area contributed by atoms with Crippen molar-refractivity contribution in [1.82, 2.24) is 0 Å². The summed E-state index contributed by atoms with van der Waals surface area (Å²) in [4.78, 5) is 12.1. The number of hydrogen-bond acceptors (Lipinski definition) is 2. The summed E-state index contributed by atoms with van der Waals surface area (Å²) in [5, 5.41) is 0. The molecule has 0 atom stereocenters. The molecule has 0 amide bonds. The van der Waals surface area contributed by atoms with E-state index < -0.39 is 5.82 Å². The maximum atomic E-state index is 13.0. The van der Waals surface area contributed by atoms with Crippen molar-refractivity contribution in [2.24, 2.45) is 0 Å². The third-order valence-electron chi connectivity index (χ3n) is 2.54. The van der Waals surface area contributed by atoms with E-state index in [-0.39, 0.29) is 5.78 Å². The van der Waals surface area contributed by atoms with Gasteiger partial charge in [0.25, 0.3) is 0 Å². The summed E-state index contributed by atoms with van der Waals surface area (Å²) in [7, 11) is 0. The van der Waals surface area contributed by atoms with Crippen LogP contribution in [0.1, 0.15) is 21.5 Å². The number of benzene rings is 2. The highest BCUT2D eigenvalue weighted by Gasteiger charge is 2.12. The van der Waals surface area contributed by atoms with Crippen molar-refractivity contribution in [3.05, 3.63) is 65.0 Å². The molecule has 0 fully saturated rings. The lowest BCUT2D eigenvalue weighted by Crippen LogP contribution is -2.05. The summed E-state index contributed by atoms with van der Waals surface area (Å²) >= 11 is 0. The van der Waals surface area contributed by atoms with Gasteiger partial charge >= 0.3 is 0 Å². The molecule has 0 saturated heterocycles. The molecular weight excluding hydrogens is 217 g/mol. The van der Waals surface area contributed by atoms with Crippen LogP contribution in [-0.2, 0) is 0 Å². The van der Waals surface area contributed by atoms with Gasteiger partial charge in [0.15, 0.2) is 5.78 Å². The van der Waals surface area contributed by atoms with Crippen molar-refractivity contribution < 1.29 is 9.18 Å². The first-order chi connectivity index (χ1) is 8.08. The molecule has 0 aliphatic carbocycles. The number of nitrogens with two attached hydrogens (primary N) is 1. The van der Waals surface area contributed by atoms with E-state index in [4.69, 9.17) is 5.73 Å². The number of ketones is 1. The van der Waals surface area contributed by atoms with E-state index in [0.29, 0.717) is 16.8 Å². The molecule has 0 saturated carbocycles. The Morgan fingerprint density at radius 3 is 2.59 bits per heavy atom. The molecule has 0 aromatic heterocycles. The highest BCUT2D eigenvalue weighted by Crippen LogP contribution is 2.18. The molecule has 0 radical (unpaired) electrons. The second-order valence-electron chi connectivity index (χ2n) is 3.93. The molecule has 0 spiro atoms. The number of aryl methyl sites for hydroxylation is 1. The minimum atomic E-state index is -0.429. The monoisotopic (exact) mass is 229 g/mol. The number of rotatable bonds is 2. The molecule has 0 heterocycles. The molecule has 2 aromatic carbocycles. The summed E-state index contributed by atoms with van der Waals surface area (Å²) in [5.74, 6) is -0.691. The van der Waals surface area contributed by atoms with Gasteiger partial charge in [0, 0.05) is 16.8 Å². The van der Waals surface area contributed by atoms with E-state index in [1.54, 1.807) is 18.2 Å². The first kappa shape index (κ1) is 11.3. The minimum absolute atomic E-state index is 0.262. The van der Waals surface area contributed by atoms with E-state index in [9.17, 15) is 9.18 Å². The van der Waals surface area contributed by atoms with E-state index >= 15 is 0 Å². The van der Waals surface area contributed by atoms with Gasteiger partial charge in [-0.3, -0.25) is 4.79 Å². The fourth-order valence-electron chi connectivity index (χ4n) is 1.67. The Morgan fingerprint density at radius 2 is 1.94 bits per heavy atom. The van der Waals surface area contributed by atoms with Crippen LogP contribution in [0.5, 0.6) is 0 Å². The zero-order chi connectivity index (χ0) is 12.4. The Morgan fingerprint density at radius 1 is 1.18 bits per heavy atom. The third-order valence-corrected chi connectivity index (χ3v) is 2.54. The predicted octanol–water partition coefficient (Wildman–Crippen LogP) is 2.95. The second-order valence-corrected chi connectivity index (χ2v) is 3.93. The molecule has 2 N–H and O–H groups in total. The topological polar surface area (TPSA) is 43.1 Å². The zero-order valence-corrected chi connectivity index (χ0v) is 9.41. The average molecular weight is 229 g/mol. The summed E-state index contributed by atoms with van der Waals surface area (Å²) in [6.45, 7) is 1.90. The van der Waals surface area contributed by atoms with E-state index in [1.807, 2.05) is 13.0 Å². The second kappa shape index (κ2) is 4.37. The first-order valence-electron chi connectivity index (χ1n) is 5.24. The van der Waals surface area contributed by atoms with Gasteiger partial charge in [-0.1, -0.05) is 18.2 Å². The molecule has 0 bridgehead atoms. The van der Waals surface area contributed by atoms with Crippen LogP contribution in [0.3, 0.4) is 0 Å². The maximum absolute atomic E-state index is 13.0. The fraction of sp³-hybridized carbons (Fsp3) is 0.0714. The first-order valence-corrected chi connectivity index (χ1v) is 5.24. The molecule has 0 aliphatic heterocycles. The SMILES string of the molecule is Cc1ccc(C(=O)c2cccc(F)c2)c(N)c1. The van der Waals surface area contributed by atoms with Crippen molar-refractivity contribution in [3.8, 4) is 0 Å². The van der Waals surface area contributed by atoms with Crippen molar-refractivity contribution in [2.45, 2.75) is 6.92 Å². The lowest BCUT2D eigenvalue weighted by atomic mass is 10.0. The zero-order valence-electron chi connectivity index (χ0n) is 9.41. The Hall–Kier alpha value is -2.16. The average Bonchev–Trinajstić information content (AvgIpc) is 2.28. The van der Waals surface area contributed by atoms with Crippen molar-refractivity contribution in [2.75, 3.05) is 5.73 Å². The summed E-state index contributed by atoms with van der Waals surface area (Å²) < 4.78 is 13.0. The van der Waals surface area contributed by atoms with Crippen LogP contribution in [0.25, 0.3) is 0 Å². The highest BCUT2D eigenvalue weighted by atomic mass is 19.1. The smallest absolute Gasteiger partial charge is 0.195 e. The molecule has 2 rings (SSSR count). The number of carbonyl (C=O) groups excluding carboxylic acids is 1. The van der Waals surface area contributed by atoms with Crippen LogP contribution < -0.4 is 5.73 Å². The quantitative estimate of drug-likeness (QED) is 0.635. The van der Waals surface area contributed by atoms with Crippen LogP contribution in [0.2, 0.25) is 0 Å². The summed E-state index contributed by atoms with van der Waals surface area (Å²) in [5.41, 5.74) is 7.89. The normalized spacial score (nSPS) is 10.2. The van der Waals surface area contributed by atoms with Crippen LogP contribution in [0, 0.1) is 12.7 Å².